The Hall–Kier alpha value is -2.96. The van der Waals surface area contributed by atoms with E-state index in [0.717, 1.165) is 11.3 Å². The van der Waals surface area contributed by atoms with E-state index in [1.54, 1.807) is 10.6 Å². The Bertz CT molecular complexity index is 939. The quantitative estimate of drug-likeness (QED) is 0.742. The molecule has 0 fully saturated rings. The number of benzene rings is 1. The Morgan fingerprint density at radius 2 is 2.08 bits per heavy atom. The Balaban J connectivity index is 1.53. The molecule has 0 unspecified atom stereocenters. The van der Waals surface area contributed by atoms with Crippen molar-refractivity contribution in [2.45, 2.75) is 39.8 Å². The number of rotatable bonds is 6. The van der Waals surface area contributed by atoms with Gasteiger partial charge in [-0.15, -0.1) is 0 Å². The standard InChI is InChI=1S/C18H20N4O3/c1-12-15(13(2)25-21-12)10-19-17(23)8-5-9-22-11-20-16-7-4-3-6-14(16)18(22)24/h3-4,6-7,11H,5,8-10H2,1-2H3,(H,19,23). The first kappa shape index (κ1) is 16.9. The number of para-hydroxylation sites is 1. The van der Waals surface area contributed by atoms with Crippen molar-refractivity contribution < 1.29 is 9.32 Å². The lowest BCUT2D eigenvalue weighted by Gasteiger charge is -2.07. The van der Waals surface area contributed by atoms with Gasteiger partial charge in [0.05, 0.1) is 22.9 Å². The maximum atomic E-state index is 12.4. The van der Waals surface area contributed by atoms with Gasteiger partial charge in [-0.2, -0.15) is 0 Å². The SMILES string of the molecule is Cc1noc(C)c1CNC(=O)CCCn1cnc2ccccc2c1=O. The maximum Gasteiger partial charge on any atom is 0.261 e. The largest absolute Gasteiger partial charge is 0.361 e. The van der Waals surface area contributed by atoms with Crippen LogP contribution in [0.3, 0.4) is 0 Å². The lowest BCUT2D eigenvalue weighted by atomic mass is 10.2. The van der Waals surface area contributed by atoms with E-state index < -0.39 is 0 Å². The zero-order valence-electron chi connectivity index (χ0n) is 14.3. The minimum Gasteiger partial charge on any atom is -0.361 e. The van der Waals surface area contributed by atoms with Crippen LogP contribution in [-0.4, -0.2) is 20.6 Å². The summed E-state index contributed by atoms with van der Waals surface area (Å²) < 4.78 is 6.61. The molecule has 130 valence electrons. The molecule has 7 heteroatoms. The van der Waals surface area contributed by atoms with Crippen molar-refractivity contribution in [3.63, 3.8) is 0 Å². The molecule has 2 aromatic heterocycles. The van der Waals surface area contributed by atoms with Gasteiger partial charge in [-0.3, -0.25) is 14.2 Å². The summed E-state index contributed by atoms with van der Waals surface area (Å²) >= 11 is 0. The summed E-state index contributed by atoms with van der Waals surface area (Å²) in [5, 5.41) is 7.31. The van der Waals surface area contributed by atoms with E-state index in [0.29, 0.717) is 42.6 Å². The summed E-state index contributed by atoms with van der Waals surface area (Å²) in [5.41, 5.74) is 2.29. The monoisotopic (exact) mass is 340 g/mol. The zero-order valence-corrected chi connectivity index (χ0v) is 14.3. The number of aryl methyl sites for hydroxylation is 3. The van der Waals surface area contributed by atoms with Crippen LogP contribution < -0.4 is 10.9 Å². The smallest absolute Gasteiger partial charge is 0.261 e. The molecule has 0 atom stereocenters. The lowest BCUT2D eigenvalue weighted by molar-refractivity contribution is -0.121. The molecule has 0 aliphatic heterocycles. The van der Waals surface area contributed by atoms with Crippen molar-refractivity contribution in [2.24, 2.45) is 0 Å². The predicted molar refractivity (Wildman–Crippen MR) is 93.1 cm³/mol. The molecule has 1 N–H and O–H groups in total. The highest BCUT2D eigenvalue weighted by Gasteiger charge is 2.10. The van der Waals surface area contributed by atoms with Gasteiger partial charge in [-0.25, -0.2) is 4.98 Å². The Labute approximate surface area is 144 Å². The highest BCUT2D eigenvalue weighted by molar-refractivity contribution is 5.77. The second-order valence-electron chi connectivity index (χ2n) is 5.94. The molecule has 0 spiro atoms. The number of hydrogen-bond donors (Lipinski definition) is 1. The molecule has 0 saturated heterocycles. The van der Waals surface area contributed by atoms with Crippen LogP contribution in [0.4, 0.5) is 0 Å². The molecule has 1 amide bonds. The first-order chi connectivity index (χ1) is 12.1. The van der Waals surface area contributed by atoms with E-state index in [-0.39, 0.29) is 11.5 Å². The summed E-state index contributed by atoms with van der Waals surface area (Å²) in [6, 6.07) is 7.24. The molecule has 7 nitrogen and oxygen atoms in total. The highest BCUT2D eigenvalue weighted by Crippen LogP contribution is 2.11. The topological polar surface area (TPSA) is 90.0 Å². The fourth-order valence-electron chi connectivity index (χ4n) is 2.70. The van der Waals surface area contributed by atoms with Crippen LogP contribution in [0.2, 0.25) is 0 Å². The van der Waals surface area contributed by atoms with Crippen LogP contribution in [0, 0.1) is 13.8 Å². The van der Waals surface area contributed by atoms with Crippen LogP contribution in [-0.2, 0) is 17.9 Å². The van der Waals surface area contributed by atoms with Gasteiger partial charge >= 0.3 is 0 Å². The molecule has 0 aliphatic rings. The molecule has 3 aromatic rings. The predicted octanol–water partition coefficient (Wildman–Crippen LogP) is 2.10. The number of hydrogen-bond acceptors (Lipinski definition) is 5. The number of nitrogens with zero attached hydrogens (tertiary/aromatic N) is 3. The van der Waals surface area contributed by atoms with E-state index in [4.69, 9.17) is 4.52 Å². The second kappa shape index (κ2) is 7.29. The average Bonchev–Trinajstić information content (AvgIpc) is 2.93. The Morgan fingerprint density at radius 1 is 1.28 bits per heavy atom. The molecule has 25 heavy (non-hydrogen) atoms. The Kier molecular flexibility index (Phi) is 4.92. The summed E-state index contributed by atoms with van der Waals surface area (Å²) in [4.78, 5) is 28.6. The number of aromatic nitrogens is 3. The summed E-state index contributed by atoms with van der Waals surface area (Å²) in [7, 11) is 0. The number of carbonyl (C=O) groups excluding carboxylic acids is 1. The van der Waals surface area contributed by atoms with Crippen LogP contribution in [0.15, 0.2) is 39.9 Å². The van der Waals surface area contributed by atoms with Crippen molar-refractivity contribution in [3.05, 3.63) is 58.0 Å². The van der Waals surface area contributed by atoms with Gasteiger partial charge in [0.2, 0.25) is 5.91 Å². The molecule has 2 heterocycles. The summed E-state index contributed by atoms with van der Waals surface area (Å²) in [6.45, 7) is 4.52. The fraction of sp³-hybridized carbons (Fsp3) is 0.333. The van der Waals surface area contributed by atoms with Gasteiger partial charge < -0.3 is 9.84 Å². The number of amides is 1. The van der Waals surface area contributed by atoms with Gasteiger partial charge in [0.25, 0.3) is 5.56 Å². The summed E-state index contributed by atoms with van der Waals surface area (Å²) in [5.74, 6) is 0.647. The molecular weight excluding hydrogens is 320 g/mol. The number of nitrogens with one attached hydrogen (secondary N) is 1. The Morgan fingerprint density at radius 3 is 2.84 bits per heavy atom. The van der Waals surface area contributed by atoms with Crippen LogP contribution in [0.1, 0.15) is 29.9 Å². The van der Waals surface area contributed by atoms with Crippen molar-refractivity contribution in [1.29, 1.82) is 0 Å². The third-order valence-electron chi connectivity index (χ3n) is 4.18. The third-order valence-corrected chi connectivity index (χ3v) is 4.18. The second-order valence-corrected chi connectivity index (χ2v) is 5.94. The van der Waals surface area contributed by atoms with Gasteiger partial charge in [0.15, 0.2) is 0 Å². The van der Waals surface area contributed by atoms with Gasteiger partial charge in [-0.05, 0) is 32.4 Å². The van der Waals surface area contributed by atoms with E-state index >= 15 is 0 Å². The molecule has 0 aliphatic carbocycles. The number of fused-ring (bicyclic) bond motifs is 1. The van der Waals surface area contributed by atoms with Crippen LogP contribution in [0.5, 0.6) is 0 Å². The molecular formula is C18H20N4O3. The zero-order chi connectivity index (χ0) is 17.8. The molecule has 3 rings (SSSR count). The van der Waals surface area contributed by atoms with Crippen molar-refractivity contribution in [3.8, 4) is 0 Å². The van der Waals surface area contributed by atoms with Crippen molar-refractivity contribution >= 4 is 16.8 Å². The van der Waals surface area contributed by atoms with Gasteiger partial charge in [0, 0.05) is 25.1 Å². The molecule has 0 radical (unpaired) electrons. The first-order valence-electron chi connectivity index (χ1n) is 8.19. The van der Waals surface area contributed by atoms with E-state index in [1.165, 1.54) is 6.33 Å². The van der Waals surface area contributed by atoms with Gasteiger partial charge in [0.1, 0.15) is 5.76 Å². The van der Waals surface area contributed by atoms with Gasteiger partial charge in [-0.1, -0.05) is 17.3 Å². The number of carbonyl (C=O) groups is 1. The highest BCUT2D eigenvalue weighted by atomic mass is 16.5. The van der Waals surface area contributed by atoms with E-state index in [9.17, 15) is 9.59 Å². The van der Waals surface area contributed by atoms with Crippen molar-refractivity contribution in [2.75, 3.05) is 0 Å². The first-order valence-corrected chi connectivity index (χ1v) is 8.19. The lowest BCUT2D eigenvalue weighted by Crippen LogP contribution is -2.25. The molecule has 0 saturated carbocycles. The minimum absolute atomic E-state index is 0.0678. The van der Waals surface area contributed by atoms with Crippen molar-refractivity contribution in [1.82, 2.24) is 20.0 Å². The van der Waals surface area contributed by atoms with E-state index in [2.05, 4.69) is 15.5 Å². The normalized spacial score (nSPS) is 11.0. The fourth-order valence-corrected chi connectivity index (χ4v) is 2.70. The maximum absolute atomic E-state index is 12.4. The third kappa shape index (κ3) is 3.76. The van der Waals surface area contributed by atoms with Crippen LogP contribution in [0.25, 0.3) is 10.9 Å². The van der Waals surface area contributed by atoms with E-state index in [1.807, 2.05) is 32.0 Å². The minimum atomic E-state index is -0.0817. The average molecular weight is 340 g/mol. The molecule has 1 aromatic carbocycles. The molecule has 0 bridgehead atoms. The van der Waals surface area contributed by atoms with Crippen LogP contribution >= 0.6 is 0 Å². The summed E-state index contributed by atoms with van der Waals surface area (Å²) in [6.07, 6.45) is 2.43.